The number of carbonyl (C=O) groups is 2. The van der Waals surface area contributed by atoms with Gasteiger partial charge < -0.3 is 20.3 Å². The van der Waals surface area contributed by atoms with Crippen LogP contribution >= 0.6 is 0 Å². The molecule has 0 spiro atoms. The molecule has 6 nitrogen and oxygen atoms in total. The molecule has 0 aliphatic carbocycles. The second-order valence-electron chi connectivity index (χ2n) is 22.8. The van der Waals surface area contributed by atoms with E-state index in [2.05, 4.69) is 43.5 Å². The van der Waals surface area contributed by atoms with Gasteiger partial charge in [-0.3, -0.25) is 9.59 Å². The van der Waals surface area contributed by atoms with Gasteiger partial charge in [0.05, 0.1) is 25.4 Å². The van der Waals surface area contributed by atoms with Gasteiger partial charge >= 0.3 is 5.97 Å². The van der Waals surface area contributed by atoms with Crippen LogP contribution in [0.4, 0.5) is 0 Å². The molecule has 0 radical (unpaired) electrons. The number of nitrogens with one attached hydrogen (secondary N) is 1. The van der Waals surface area contributed by atoms with Gasteiger partial charge in [-0.1, -0.05) is 301 Å². The quantitative estimate of drug-likeness (QED) is 0.0320. The molecular weight excluding hydrogens is 911 g/mol. The van der Waals surface area contributed by atoms with Crippen LogP contribution in [0, 0.1) is 0 Å². The lowest BCUT2D eigenvalue weighted by Gasteiger charge is -2.20. The van der Waals surface area contributed by atoms with Crippen LogP contribution in [0.15, 0.2) is 36.5 Å². The van der Waals surface area contributed by atoms with Crippen LogP contribution in [0.2, 0.25) is 0 Å². The van der Waals surface area contributed by atoms with Crippen molar-refractivity contribution in [1.82, 2.24) is 5.32 Å². The first-order chi connectivity index (χ1) is 36.5. The van der Waals surface area contributed by atoms with Crippen molar-refractivity contribution in [3.8, 4) is 0 Å². The number of aliphatic hydroxyl groups is 2. The first kappa shape index (κ1) is 72.1. The topological polar surface area (TPSA) is 95.9 Å². The Labute approximate surface area is 462 Å². The molecule has 0 bridgehead atoms. The van der Waals surface area contributed by atoms with Gasteiger partial charge in [-0.05, 0) is 83.5 Å². The summed E-state index contributed by atoms with van der Waals surface area (Å²) in [6.07, 6.45) is 80.6. The molecule has 0 heterocycles. The minimum atomic E-state index is -0.844. The van der Waals surface area contributed by atoms with Gasteiger partial charge in [0.2, 0.25) is 5.91 Å². The standard InChI is InChI=1S/C68H129NO5/c1-3-5-7-9-11-13-15-17-18-33-37-40-44-48-52-56-60-66(71)65(64-70)69-67(72)61-57-53-49-45-41-38-34-31-29-27-25-23-21-19-20-22-24-26-28-30-32-35-39-43-47-51-55-59-63-74-68(73)62-58-54-50-46-42-36-16-14-12-10-8-6-4-2/h14,16,19-20,56,60,65-66,70-71H,3-13,15,17-18,21-55,57-59,61-64H2,1-2H3,(H,69,72)/b16-14-,20-19-,60-56+. The second kappa shape index (κ2) is 63.6. The van der Waals surface area contributed by atoms with E-state index in [1.54, 1.807) is 6.08 Å². The maximum atomic E-state index is 12.5. The van der Waals surface area contributed by atoms with Crippen molar-refractivity contribution in [2.24, 2.45) is 0 Å². The monoisotopic (exact) mass is 1040 g/mol. The number of ether oxygens (including phenoxy) is 1. The normalized spacial score (nSPS) is 12.8. The Kier molecular flexibility index (Phi) is 62.0. The summed E-state index contributed by atoms with van der Waals surface area (Å²) in [4.78, 5) is 24.5. The first-order valence-electron chi connectivity index (χ1n) is 33.3. The van der Waals surface area contributed by atoms with E-state index in [1.807, 2.05) is 6.08 Å². The molecule has 3 N–H and O–H groups in total. The van der Waals surface area contributed by atoms with Crippen LogP contribution in [0.1, 0.15) is 361 Å². The lowest BCUT2D eigenvalue weighted by Crippen LogP contribution is -2.45. The van der Waals surface area contributed by atoms with Crippen LogP contribution in [-0.4, -0.2) is 47.4 Å². The Morgan fingerprint density at radius 2 is 0.635 bits per heavy atom. The summed E-state index contributed by atoms with van der Waals surface area (Å²) in [7, 11) is 0. The first-order valence-corrected chi connectivity index (χ1v) is 33.3. The average Bonchev–Trinajstić information content (AvgIpc) is 3.40. The van der Waals surface area contributed by atoms with Gasteiger partial charge in [-0.25, -0.2) is 0 Å². The zero-order chi connectivity index (χ0) is 53.6. The van der Waals surface area contributed by atoms with Gasteiger partial charge in [-0.2, -0.15) is 0 Å². The van der Waals surface area contributed by atoms with Crippen LogP contribution in [0.25, 0.3) is 0 Å². The summed E-state index contributed by atoms with van der Waals surface area (Å²) in [5.74, 6) is -0.0597. The number of rotatable bonds is 62. The van der Waals surface area contributed by atoms with E-state index in [-0.39, 0.29) is 18.5 Å². The molecule has 0 saturated carbocycles. The number of unbranched alkanes of at least 4 members (excludes halogenated alkanes) is 47. The highest BCUT2D eigenvalue weighted by Crippen LogP contribution is 2.17. The molecule has 0 aliphatic heterocycles. The van der Waals surface area contributed by atoms with E-state index in [0.717, 1.165) is 44.9 Å². The SMILES string of the molecule is CCCCCC/C=C\CCCCCCCC(=O)OCCCCCCCCCCCCCC/C=C\CCCCCCCCCCCCCCC(=O)NC(CO)C(O)/C=C/CCCCCCCCCCCCCCCC. The van der Waals surface area contributed by atoms with Crippen LogP contribution in [0.3, 0.4) is 0 Å². The summed E-state index contributed by atoms with van der Waals surface area (Å²) < 4.78 is 5.48. The lowest BCUT2D eigenvalue weighted by atomic mass is 10.0. The second-order valence-corrected chi connectivity index (χ2v) is 22.8. The van der Waals surface area contributed by atoms with E-state index in [4.69, 9.17) is 4.74 Å². The minimum absolute atomic E-state index is 0.00630. The number of amides is 1. The smallest absolute Gasteiger partial charge is 0.305 e. The molecule has 6 heteroatoms. The number of aliphatic hydroxyl groups excluding tert-OH is 2. The van der Waals surface area contributed by atoms with Gasteiger partial charge in [0, 0.05) is 12.8 Å². The third kappa shape index (κ3) is 59.3. The van der Waals surface area contributed by atoms with Gasteiger partial charge in [0.1, 0.15) is 0 Å². The molecule has 74 heavy (non-hydrogen) atoms. The molecular formula is C68H129NO5. The van der Waals surface area contributed by atoms with E-state index in [1.165, 1.54) is 289 Å². The molecule has 0 aromatic carbocycles. The zero-order valence-electron chi connectivity index (χ0n) is 49.8. The Morgan fingerprint density at radius 1 is 0.365 bits per heavy atom. The van der Waals surface area contributed by atoms with Crippen molar-refractivity contribution in [3.05, 3.63) is 36.5 Å². The fourth-order valence-electron chi connectivity index (χ4n) is 10.3. The van der Waals surface area contributed by atoms with Crippen molar-refractivity contribution < 1.29 is 24.5 Å². The molecule has 436 valence electrons. The van der Waals surface area contributed by atoms with Crippen molar-refractivity contribution in [3.63, 3.8) is 0 Å². The Hall–Kier alpha value is -1.92. The maximum Gasteiger partial charge on any atom is 0.305 e. The summed E-state index contributed by atoms with van der Waals surface area (Å²) in [6.45, 7) is 4.91. The molecule has 1 amide bonds. The van der Waals surface area contributed by atoms with Crippen molar-refractivity contribution in [1.29, 1.82) is 0 Å². The largest absolute Gasteiger partial charge is 0.466 e. The molecule has 2 unspecified atom stereocenters. The number of hydrogen-bond donors (Lipinski definition) is 3. The van der Waals surface area contributed by atoms with Gasteiger partial charge in [-0.15, -0.1) is 0 Å². The molecule has 0 aromatic heterocycles. The lowest BCUT2D eigenvalue weighted by molar-refractivity contribution is -0.143. The van der Waals surface area contributed by atoms with E-state index < -0.39 is 12.1 Å². The minimum Gasteiger partial charge on any atom is -0.466 e. The Bertz CT molecular complexity index is 1200. The fourth-order valence-corrected chi connectivity index (χ4v) is 10.3. The summed E-state index contributed by atoms with van der Waals surface area (Å²) in [5, 5.41) is 23.2. The molecule has 2 atom stereocenters. The van der Waals surface area contributed by atoms with Crippen LogP contribution < -0.4 is 5.32 Å². The molecule has 0 aromatic rings. The molecule has 0 fully saturated rings. The predicted octanol–water partition coefficient (Wildman–Crippen LogP) is 21.1. The number of allylic oxidation sites excluding steroid dienone is 5. The maximum absolute atomic E-state index is 12.5. The van der Waals surface area contributed by atoms with Crippen molar-refractivity contribution in [2.45, 2.75) is 373 Å². The highest BCUT2D eigenvalue weighted by atomic mass is 16.5. The average molecular weight is 1040 g/mol. The molecule has 0 rings (SSSR count). The van der Waals surface area contributed by atoms with E-state index >= 15 is 0 Å². The van der Waals surface area contributed by atoms with E-state index in [0.29, 0.717) is 19.4 Å². The summed E-state index contributed by atoms with van der Waals surface area (Å²) in [5.41, 5.74) is 0. The highest BCUT2D eigenvalue weighted by Gasteiger charge is 2.18. The van der Waals surface area contributed by atoms with Crippen LogP contribution in [0.5, 0.6) is 0 Å². The summed E-state index contributed by atoms with van der Waals surface area (Å²) in [6, 6.07) is -0.628. The van der Waals surface area contributed by atoms with Crippen molar-refractivity contribution >= 4 is 11.9 Å². The third-order valence-corrected chi connectivity index (χ3v) is 15.4. The van der Waals surface area contributed by atoms with Crippen LogP contribution in [-0.2, 0) is 14.3 Å². The van der Waals surface area contributed by atoms with Gasteiger partial charge in [0.25, 0.3) is 0 Å². The third-order valence-electron chi connectivity index (χ3n) is 15.4. The Morgan fingerprint density at radius 3 is 0.973 bits per heavy atom. The number of esters is 1. The number of hydrogen-bond acceptors (Lipinski definition) is 5. The zero-order valence-corrected chi connectivity index (χ0v) is 49.8. The summed E-state index contributed by atoms with van der Waals surface area (Å²) >= 11 is 0. The predicted molar refractivity (Wildman–Crippen MR) is 324 cm³/mol. The molecule has 0 aliphatic rings. The number of carbonyl (C=O) groups excluding carboxylic acids is 2. The van der Waals surface area contributed by atoms with Crippen molar-refractivity contribution in [2.75, 3.05) is 13.2 Å². The fraction of sp³-hybridized carbons (Fsp3) is 0.882. The Balaban J connectivity index is 3.40. The van der Waals surface area contributed by atoms with E-state index in [9.17, 15) is 19.8 Å². The highest BCUT2D eigenvalue weighted by molar-refractivity contribution is 5.76. The molecule has 0 saturated heterocycles. The van der Waals surface area contributed by atoms with Gasteiger partial charge in [0.15, 0.2) is 0 Å².